The van der Waals surface area contributed by atoms with E-state index in [2.05, 4.69) is 5.32 Å². The van der Waals surface area contributed by atoms with Crippen molar-refractivity contribution in [3.05, 3.63) is 69.6 Å². The molecular formula is C22H17NO6. The number of benzene rings is 2. The molecule has 2 aromatic carbocycles. The van der Waals surface area contributed by atoms with Gasteiger partial charge < -0.3 is 19.6 Å². The first-order valence-electron chi connectivity index (χ1n) is 8.96. The van der Waals surface area contributed by atoms with Crippen molar-refractivity contribution in [2.75, 3.05) is 12.4 Å². The number of carboxylic acids is 1. The van der Waals surface area contributed by atoms with E-state index in [4.69, 9.17) is 14.3 Å². The van der Waals surface area contributed by atoms with Crippen LogP contribution in [0.25, 0.3) is 22.6 Å². The molecule has 1 aromatic heterocycles. The molecule has 1 amide bonds. The number of amides is 1. The highest BCUT2D eigenvalue weighted by molar-refractivity contribution is 6.36. The number of aliphatic carboxylic acids is 1. The Bertz CT molecular complexity index is 1240. The molecule has 1 aliphatic carbocycles. The number of fused-ring (bicyclic) bond motifs is 2. The van der Waals surface area contributed by atoms with Gasteiger partial charge in [-0.25, -0.2) is 4.79 Å². The van der Waals surface area contributed by atoms with Crippen LogP contribution in [0.4, 0.5) is 5.69 Å². The van der Waals surface area contributed by atoms with Gasteiger partial charge in [-0.15, -0.1) is 0 Å². The van der Waals surface area contributed by atoms with Crippen LogP contribution < -0.4 is 15.5 Å². The standard InChI is InChI=1S/C22H17NO6/c1-28-17-5-3-2-4-12(17)10-13-6-8-16-19(24)15-9-7-14(23-21(25)22(26)27)11-18(15)29-20(13)16/h2-5,7,9-11H,6,8H2,1H3,(H,23,25)(H,26,27)/b13-10+. The summed E-state index contributed by atoms with van der Waals surface area (Å²) in [7, 11) is 1.60. The monoisotopic (exact) mass is 391 g/mol. The van der Waals surface area contributed by atoms with Crippen LogP contribution in [-0.2, 0) is 16.0 Å². The van der Waals surface area contributed by atoms with Gasteiger partial charge >= 0.3 is 11.9 Å². The topological polar surface area (TPSA) is 106 Å². The Morgan fingerprint density at radius 2 is 1.97 bits per heavy atom. The fourth-order valence-corrected chi connectivity index (χ4v) is 3.46. The van der Waals surface area contributed by atoms with Crippen molar-refractivity contribution in [2.45, 2.75) is 12.8 Å². The Kier molecular flexibility index (Phi) is 4.64. The van der Waals surface area contributed by atoms with E-state index in [1.54, 1.807) is 7.11 Å². The highest BCUT2D eigenvalue weighted by Crippen LogP contribution is 2.35. The number of carboxylic acid groups (broad SMARTS) is 1. The second kappa shape index (κ2) is 7.27. The molecule has 7 nitrogen and oxygen atoms in total. The summed E-state index contributed by atoms with van der Waals surface area (Å²) in [6.45, 7) is 0. The number of hydrogen-bond donors (Lipinski definition) is 2. The number of allylic oxidation sites excluding steroid dienone is 1. The molecule has 146 valence electrons. The maximum atomic E-state index is 12.9. The van der Waals surface area contributed by atoms with E-state index in [0.29, 0.717) is 29.6 Å². The van der Waals surface area contributed by atoms with Gasteiger partial charge in [-0.1, -0.05) is 18.2 Å². The van der Waals surface area contributed by atoms with Crippen molar-refractivity contribution < 1.29 is 23.8 Å². The Morgan fingerprint density at radius 3 is 2.72 bits per heavy atom. The Morgan fingerprint density at radius 1 is 1.17 bits per heavy atom. The minimum atomic E-state index is -1.59. The predicted octanol–water partition coefficient (Wildman–Crippen LogP) is 3.31. The van der Waals surface area contributed by atoms with Crippen LogP contribution in [0.3, 0.4) is 0 Å². The Balaban J connectivity index is 1.81. The van der Waals surface area contributed by atoms with Gasteiger partial charge in [-0.05, 0) is 42.7 Å². The zero-order chi connectivity index (χ0) is 20.5. The number of para-hydroxylation sites is 1. The summed E-state index contributed by atoms with van der Waals surface area (Å²) in [5.41, 5.74) is 2.76. The number of methoxy groups -OCH3 is 1. The zero-order valence-electron chi connectivity index (χ0n) is 15.5. The molecule has 0 unspecified atom stereocenters. The summed E-state index contributed by atoms with van der Waals surface area (Å²) in [6, 6.07) is 12.0. The number of ether oxygens (including phenoxy) is 1. The fraction of sp³-hybridized carbons (Fsp3) is 0.136. The van der Waals surface area contributed by atoms with E-state index in [1.807, 2.05) is 30.3 Å². The summed E-state index contributed by atoms with van der Waals surface area (Å²) in [5, 5.41) is 11.4. The van der Waals surface area contributed by atoms with E-state index in [-0.39, 0.29) is 16.7 Å². The molecule has 29 heavy (non-hydrogen) atoms. The van der Waals surface area contributed by atoms with Gasteiger partial charge in [-0.3, -0.25) is 9.59 Å². The third-order valence-corrected chi connectivity index (χ3v) is 4.84. The molecule has 1 aliphatic rings. The first kappa shape index (κ1) is 18.5. The third-order valence-electron chi connectivity index (χ3n) is 4.84. The van der Waals surface area contributed by atoms with Crippen molar-refractivity contribution in [3.63, 3.8) is 0 Å². The molecule has 3 aromatic rings. The molecule has 0 saturated heterocycles. The molecule has 0 bridgehead atoms. The summed E-state index contributed by atoms with van der Waals surface area (Å²) >= 11 is 0. The van der Waals surface area contributed by atoms with Crippen molar-refractivity contribution in [3.8, 4) is 5.75 Å². The van der Waals surface area contributed by atoms with Crippen LogP contribution in [0.2, 0.25) is 0 Å². The number of carbonyl (C=O) groups is 2. The molecule has 7 heteroatoms. The lowest BCUT2D eigenvalue weighted by Crippen LogP contribution is -2.21. The van der Waals surface area contributed by atoms with Crippen molar-refractivity contribution in [1.82, 2.24) is 0 Å². The highest BCUT2D eigenvalue weighted by atomic mass is 16.5. The molecule has 1 heterocycles. The fourth-order valence-electron chi connectivity index (χ4n) is 3.46. The molecule has 0 aliphatic heterocycles. The zero-order valence-corrected chi connectivity index (χ0v) is 15.5. The van der Waals surface area contributed by atoms with Crippen molar-refractivity contribution in [1.29, 1.82) is 0 Å². The molecule has 0 saturated carbocycles. The summed E-state index contributed by atoms with van der Waals surface area (Å²) in [5.74, 6) is -1.53. The summed E-state index contributed by atoms with van der Waals surface area (Å²) in [6.07, 6.45) is 3.17. The quantitative estimate of drug-likeness (QED) is 0.664. The minimum absolute atomic E-state index is 0.124. The van der Waals surface area contributed by atoms with Crippen LogP contribution >= 0.6 is 0 Å². The molecular weight excluding hydrogens is 374 g/mol. The Hall–Kier alpha value is -3.87. The molecule has 4 rings (SSSR count). The normalized spacial score (nSPS) is 14.0. The van der Waals surface area contributed by atoms with Gasteiger partial charge in [0, 0.05) is 22.9 Å². The lowest BCUT2D eigenvalue weighted by Gasteiger charge is -2.08. The van der Waals surface area contributed by atoms with Gasteiger partial charge in [0.25, 0.3) is 0 Å². The maximum absolute atomic E-state index is 12.9. The second-order valence-electron chi connectivity index (χ2n) is 6.62. The van der Waals surface area contributed by atoms with Gasteiger partial charge in [0.05, 0.1) is 12.5 Å². The van der Waals surface area contributed by atoms with Crippen LogP contribution in [0.1, 0.15) is 23.3 Å². The van der Waals surface area contributed by atoms with E-state index in [0.717, 1.165) is 16.9 Å². The smallest absolute Gasteiger partial charge is 0.394 e. The molecule has 0 spiro atoms. The van der Waals surface area contributed by atoms with Crippen molar-refractivity contribution in [2.24, 2.45) is 0 Å². The second-order valence-corrected chi connectivity index (χ2v) is 6.62. The molecule has 0 atom stereocenters. The number of hydrogen-bond acceptors (Lipinski definition) is 5. The van der Waals surface area contributed by atoms with Crippen LogP contribution in [0.5, 0.6) is 5.75 Å². The van der Waals surface area contributed by atoms with Gasteiger partial charge in [0.15, 0.2) is 5.43 Å². The van der Waals surface area contributed by atoms with Crippen LogP contribution in [-0.4, -0.2) is 24.1 Å². The van der Waals surface area contributed by atoms with E-state index in [1.165, 1.54) is 18.2 Å². The molecule has 0 radical (unpaired) electrons. The number of carbonyl (C=O) groups excluding carboxylic acids is 1. The van der Waals surface area contributed by atoms with E-state index < -0.39 is 11.9 Å². The number of anilines is 1. The van der Waals surface area contributed by atoms with Crippen LogP contribution in [0.15, 0.2) is 51.7 Å². The number of nitrogens with one attached hydrogen (secondary N) is 1. The lowest BCUT2D eigenvalue weighted by molar-refractivity contribution is -0.147. The molecule has 0 fully saturated rings. The predicted molar refractivity (Wildman–Crippen MR) is 108 cm³/mol. The van der Waals surface area contributed by atoms with E-state index >= 15 is 0 Å². The SMILES string of the molecule is COc1ccccc1/C=C1\CCc2c1oc1cc(NC(=O)C(=O)O)ccc1c2=O. The van der Waals surface area contributed by atoms with E-state index in [9.17, 15) is 14.4 Å². The van der Waals surface area contributed by atoms with Gasteiger partial charge in [0.2, 0.25) is 0 Å². The first-order valence-corrected chi connectivity index (χ1v) is 8.96. The Labute approximate surface area is 165 Å². The van der Waals surface area contributed by atoms with Crippen LogP contribution in [0, 0.1) is 0 Å². The largest absolute Gasteiger partial charge is 0.496 e. The third kappa shape index (κ3) is 3.38. The average Bonchev–Trinajstić information content (AvgIpc) is 3.11. The first-order chi connectivity index (χ1) is 14.0. The minimum Gasteiger partial charge on any atom is -0.496 e. The maximum Gasteiger partial charge on any atom is 0.394 e. The molecule has 2 N–H and O–H groups in total. The summed E-state index contributed by atoms with van der Waals surface area (Å²) in [4.78, 5) is 35.0. The van der Waals surface area contributed by atoms with Crippen molar-refractivity contribution >= 4 is 40.2 Å². The van der Waals surface area contributed by atoms with Gasteiger partial charge in [-0.2, -0.15) is 0 Å². The number of rotatable bonds is 3. The highest BCUT2D eigenvalue weighted by Gasteiger charge is 2.24. The lowest BCUT2D eigenvalue weighted by atomic mass is 10.1. The summed E-state index contributed by atoms with van der Waals surface area (Å²) < 4.78 is 11.4. The van der Waals surface area contributed by atoms with Gasteiger partial charge in [0.1, 0.15) is 17.1 Å². The average molecular weight is 391 g/mol.